The normalized spacial score (nSPS) is 46.9. The fraction of sp³-hybridized carbons (Fsp3) is 0.923. The number of fused-ring (bicyclic) bond motifs is 7. The van der Waals surface area contributed by atoms with Crippen LogP contribution in [0.4, 0.5) is 0 Å². The van der Waals surface area contributed by atoms with Crippen molar-refractivity contribution in [3.8, 4) is 0 Å². The fourth-order valence-corrected chi connectivity index (χ4v) is 23.6. The molecule has 0 aromatic heterocycles. The van der Waals surface area contributed by atoms with Crippen molar-refractivity contribution in [2.45, 2.75) is 425 Å². The number of rotatable bonds is 38. The highest BCUT2D eigenvalue weighted by atomic mass is 16.8. The minimum atomic E-state index is -3.28. The maximum atomic E-state index is 16.3. The number of ether oxygens (including phenoxy) is 17. The molecule has 788 valence electrons. The number of carboxylic acids is 1. The van der Waals surface area contributed by atoms with Crippen LogP contribution in [0.1, 0.15) is 186 Å². The Morgan fingerprint density at radius 2 is 1.14 bits per heavy atom. The summed E-state index contributed by atoms with van der Waals surface area (Å²) in [5, 5.41) is 265. The van der Waals surface area contributed by atoms with E-state index in [1.54, 1.807) is 27.7 Å². The van der Waals surface area contributed by atoms with Crippen LogP contribution in [-0.2, 0) is 104 Å². The van der Waals surface area contributed by atoms with Crippen molar-refractivity contribution in [2.75, 3.05) is 39.6 Å². The van der Waals surface area contributed by atoms with E-state index < -0.39 is 372 Å². The summed E-state index contributed by atoms with van der Waals surface area (Å²) in [6.07, 6.45) is -63.2. The van der Waals surface area contributed by atoms with E-state index in [0.29, 0.717) is 38.4 Å². The average Bonchev–Trinajstić information content (AvgIpc) is 0.854. The second kappa shape index (κ2) is 44.2. The molecule has 0 radical (unpaired) electrons. The third-order valence-electron chi connectivity index (χ3n) is 32.7. The van der Waals surface area contributed by atoms with E-state index >= 15 is 4.79 Å². The van der Waals surface area contributed by atoms with Crippen LogP contribution in [0.5, 0.6) is 0 Å². The van der Waals surface area contributed by atoms with Gasteiger partial charge < -0.3 is 208 Å². The molecule has 12 aliphatic rings. The van der Waals surface area contributed by atoms with Crippen LogP contribution in [-0.4, -0.2) is 431 Å². The van der Waals surface area contributed by atoms with Crippen LogP contribution in [0.2, 0.25) is 0 Å². The van der Waals surface area contributed by atoms with Crippen molar-refractivity contribution < 1.29 is 227 Å². The minimum Gasteiger partial charge on any atom is -0.477 e. The highest BCUT2D eigenvalue weighted by Crippen LogP contribution is 2.76. The lowest BCUT2D eigenvalue weighted by Gasteiger charge is -2.71. The Bertz CT molecular complexity index is 4040. The molecule has 7 heterocycles. The molecule has 24 N–H and O–H groups in total. The number of carboxylic acid groups (broad SMARTS) is 1. The molecule has 0 bridgehead atoms. The molecule has 5 aliphatic carbocycles. The number of aliphatic hydroxyl groups is 23. The number of aliphatic hydroxyl groups excluding tert-OH is 21. The largest absolute Gasteiger partial charge is 0.477 e. The number of aliphatic carboxylic acids is 1. The number of aldehydes is 1. The Balaban J connectivity index is 0.793. The Hall–Kier alpha value is -4.19. The predicted octanol–water partition coefficient (Wildman–Crippen LogP) is -5.74. The number of carbonyl (C=O) groups is 5. The van der Waals surface area contributed by atoms with E-state index in [-0.39, 0.29) is 63.2 Å². The topological polar surface area (TPSA) is 728 Å². The molecule has 46 nitrogen and oxygen atoms in total. The lowest BCUT2D eigenvalue weighted by molar-refractivity contribution is -0.403. The molecule has 4 saturated carbocycles. The molecular formula is C91H148O46. The third kappa shape index (κ3) is 22.0. The first kappa shape index (κ1) is 112. The highest BCUT2D eigenvalue weighted by molar-refractivity contribution is 5.80. The summed E-state index contributed by atoms with van der Waals surface area (Å²) in [5.74, 6) is -10.9. The van der Waals surface area contributed by atoms with Gasteiger partial charge in [0.1, 0.15) is 133 Å². The highest BCUT2D eigenvalue weighted by Gasteiger charge is 2.74. The number of carbonyl (C=O) groups excluding carboxylic acids is 4. The average molecular weight is 1980 g/mol. The predicted molar refractivity (Wildman–Crippen MR) is 455 cm³/mol. The molecule has 0 spiro atoms. The van der Waals surface area contributed by atoms with Crippen molar-refractivity contribution >= 4 is 30.2 Å². The van der Waals surface area contributed by atoms with E-state index in [0.717, 1.165) is 5.57 Å². The first-order valence-corrected chi connectivity index (χ1v) is 47.7. The molecule has 0 amide bonds. The maximum absolute atomic E-state index is 16.3. The van der Waals surface area contributed by atoms with Gasteiger partial charge in [-0.05, 0) is 123 Å². The molecule has 137 heavy (non-hydrogen) atoms. The van der Waals surface area contributed by atoms with Gasteiger partial charge in [0, 0.05) is 19.3 Å². The van der Waals surface area contributed by atoms with Crippen molar-refractivity contribution in [1.29, 1.82) is 0 Å². The molecule has 0 aromatic carbocycles. The first-order valence-electron chi connectivity index (χ1n) is 47.7. The summed E-state index contributed by atoms with van der Waals surface area (Å²) in [6.45, 7) is 16.9. The summed E-state index contributed by atoms with van der Waals surface area (Å²) in [4.78, 5) is 71.9. The Kier molecular flexibility index (Phi) is 36.0. The lowest BCUT2D eigenvalue weighted by Crippen LogP contribution is -2.69. The van der Waals surface area contributed by atoms with Crippen molar-refractivity contribution in [3.05, 3.63) is 11.6 Å². The third-order valence-corrected chi connectivity index (χ3v) is 32.7. The smallest absolute Gasteiger partial charge is 0.364 e. The standard InChI is InChI=1S/C91H148O46/c1-13-37(3)47(125-56(102)25-42(98)24-48(38(4)14-2)126-77-63(109)60(106)51(32-94)129-77)23-41(97)26-57(103)131-69-40(6)124-79(72(66(69)112)135-76-65(111)62(108)68(39(5)123-76)133-75-67(113)70(46(100)33-121-75)134-81-73(114)89(119,35-96)36-122-81)136-83(118)90-22-21-84(7,8)27-44(90)43-15-16-53-85(9)19-18-55(86(10,34-95)52(85)17-20-87(53,11)88(43,12)29-54(90)101)130-80-71(132-74(115)58(104)45(99)30-92)49(28-91(120,137-80)82(116)117)127-78-64(110)61(107)59(105)50(31-93)128-78/h15,34,37-42,44-55,58-81,92-94,96-101,104-115,119-120H,13-14,16-33,35-36H2,1-12H3,(H,116,117)/t37-,38-,39?,40?,41-,42-,44?,45?,46?,47-,48-,49?,50?,51-,52?,53?,54+,55-,58-,59+,60?,61?,62?,63?,64?,65?,66?,67?,68-,69+,70-,71?,72?,73?,74?,75+,76-,77+,78+,79-,80+,81-,85-,86-,87+,88+,89?,90+,91?/m0/s1. The number of esters is 3. The van der Waals surface area contributed by atoms with Crippen LogP contribution in [0.15, 0.2) is 11.6 Å². The molecule has 49 atom stereocenters. The Morgan fingerprint density at radius 1 is 0.555 bits per heavy atom. The van der Waals surface area contributed by atoms with Gasteiger partial charge in [0.2, 0.25) is 6.29 Å². The van der Waals surface area contributed by atoms with Crippen LogP contribution < -0.4 is 0 Å². The molecule has 12 rings (SSSR count). The van der Waals surface area contributed by atoms with Gasteiger partial charge in [-0.15, -0.1) is 0 Å². The summed E-state index contributed by atoms with van der Waals surface area (Å²) in [6, 6.07) is 0. The van der Waals surface area contributed by atoms with Crippen LogP contribution in [0, 0.1) is 62.1 Å². The fourth-order valence-electron chi connectivity index (χ4n) is 23.6. The Labute approximate surface area is 792 Å². The zero-order valence-corrected chi connectivity index (χ0v) is 79.2. The van der Waals surface area contributed by atoms with Crippen LogP contribution in [0.25, 0.3) is 0 Å². The lowest BCUT2D eigenvalue weighted by atomic mass is 9.33. The molecule has 46 heteroatoms. The maximum Gasteiger partial charge on any atom is 0.364 e. The minimum absolute atomic E-state index is 0.00229. The first-order chi connectivity index (χ1) is 64.2. The van der Waals surface area contributed by atoms with E-state index in [1.165, 1.54) is 13.8 Å². The molecule has 11 fully saturated rings. The summed E-state index contributed by atoms with van der Waals surface area (Å²) < 4.78 is 102. The summed E-state index contributed by atoms with van der Waals surface area (Å²) in [7, 11) is 0. The molecule has 23 unspecified atom stereocenters. The quantitative estimate of drug-likeness (QED) is 0.00684. The van der Waals surface area contributed by atoms with Gasteiger partial charge >= 0.3 is 23.9 Å². The van der Waals surface area contributed by atoms with Gasteiger partial charge in [-0.3, -0.25) is 14.4 Å². The van der Waals surface area contributed by atoms with Crippen molar-refractivity contribution in [3.63, 3.8) is 0 Å². The van der Waals surface area contributed by atoms with Crippen LogP contribution in [0.3, 0.4) is 0 Å². The second-order valence-electron chi connectivity index (χ2n) is 42.1. The SMILES string of the molecule is CC[C@H](C)[C@H](C[C@H](O)CC(=O)O[C@@H]1C(C)O[C@@H](OC(=O)[C@]23CCC(C)(C)CC2C2=CCC4[C@@]5(C)CC[C@H](O[C@@H]6OC(O)(C(=O)O)CC(O[C@@H]7OC(CO)[C@@H](O)C(O)C7O)C6OC(O)[C@@H](O)C(O)CO)[C@@](C)(C=O)C5CC[C@@]4(C)[C@]2(C)C[C@H]3O)C(O[C@@H]2OC(C)[C@H](O[C@H]3OCC(O)[C@H](O[C@@H]4OCC(O)(CO)C4O)C3O)C(O)C2O)C1O)OC(=O)C[C@@H](O)C[C@H](O[C@@H]1O[C@@H](CO)C(O)C1O)[C@@H](C)CC. The summed E-state index contributed by atoms with van der Waals surface area (Å²) >= 11 is 0. The molecule has 0 aromatic rings. The number of allylic oxidation sites excluding steroid dienone is 2. The van der Waals surface area contributed by atoms with E-state index in [2.05, 4.69) is 13.0 Å². The molecular weight excluding hydrogens is 1830 g/mol. The van der Waals surface area contributed by atoms with Gasteiger partial charge in [-0.25, -0.2) is 4.79 Å². The Morgan fingerprint density at radius 3 is 1.76 bits per heavy atom. The second-order valence-corrected chi connectivity index (χ2v) is 42.1. The summed E-state index contributed by atoms with van der Waals surface area (Å²) in [5.41, 5.74) is -7.87. The number of hydrogen-bond donors (Lipinski definition) is 24. The van der Waals surface area contributed by atoms with E-state index in [4.69, 9.17) is 80.5 Å². The van der Waals surface area contributed by atoms with E-state index in [1.807, 2.05) is 34.6 Å². The monoisotopic (exact) mass is 1980 g/mol. The van der Waals surface area contributed by atoms with E-state index in [9.17, 15) is 142 Å². The zero-order valence-electron chi connectivity index (χ0n) is 79.2. The zero-order chi connectivity index (χ0) is 101. The van der Waals surface area contributed by atoms with Crippen molar-refractivity contribution in [2.24, 2.45) is 62.1 Å². The van der Waals surface area contributed by atoms with Crippen molar-refractivity contribution in [1.82, 2.24) is 0 Å². The van der Waals surface area contributed by atoms with Gasteiger partial charge in [-0.1, -0.05) is 93.7 Å². The van der Waals surface area contributed by atoms with Gasteiger partial charge in [0.15, 0.2) is 56.2 Å². The van der Waals surface area contributed by atoms with Gasteiger partial charge in [0.25, 0.3) is 5.79 Å². The van der Waals surface area contributed by atoms with Gasteiger partial charge in [0.05, 0.1) is 107 Å². The van der Waals surface area contributed by atoms with Crippen LogP contribution >= 0.6 is 0 Å². The number of hydrogen-bond acceptors (Lipinski definition) is 45. The molecule has 7 aliphatic heterocycles. The molecule has 7 saturated heterocycles. The van der Waals surface area contributed by atoms with Gasteiger partial charge in [-0.2, -0.15) is 0 Å².